The molecular formula is C18H39N3Si. The van der Waals surface area contributed by atoms with Gasteiger partial charge in [-0.15, -0.1) is 4.78 Å². The van der Waals surface area contributed by atoms with Crippen LogP contribution < -0.4 is 0 Å². The van der Waals surface area contributed by atoms with Crippen molar-refractivity contribution in [3.63, 3.8) is 0 Å². The summed E-state index contributed by atoms with van der Waals surface area (Å²) in [6, 6.07) is 3.69. The van der Waals surface area contributed by atoms with Gasteiger partial charge in [-0.2, -0.15) is 0 Å². The van der Waals surface area contributed by atoms with Gasteiger partial charge in [0.2, 0.25) is 0 Å². The molecule has 0 fully saturated rings. The second kappa shape index (κ2) is 15.4. The number of azide groups is 1. The molecule has 0 aromatic heterocycles. The fraction of sp³-hybridized carbons (Fsp3) is 1.00. The molecule has 0 aliphatic carbocycles. The van der Waals surface area contributed by atoms with E-state index < -0.39 is 8.24 Å². The zero-order valence-corrected chi connectivity index (χ0v) is 16.4. The lowest BCUT2D eigenvalue weighted by atomic mass is 10.2. The van der Waals surface area contributed by atoms with E-state index in [0.717, 1.165) is 0 Å². The lowest BCUT2D eigenvalue weighted by molar-refractivity contribution is 0.663. The lowest BCUT2D eigenvalue weighted by Crippen LogP contribution is -2.31. The smallest absolute Gasteiger partial charge is 0.124 e. The Labute approximate surface area is 140 Å². The minimum absolute atomic E-state index is 1.23. The van der Waals surface area contributed by atoms with E-state index in [1.54, 1.807) is 0 Å². The van der Waals surface area contributed by atoms with Gasteiger partial charge in [0.25, 0.3) is 0 Å². The van der Waals surface area contributed by atoms with Gasteiger partial charge in [-0.3, -0.25) is 0 Å². The average Bonchev–Trinajstić information content (AvgIpc) is 2.53. The monoisotopic (exact) mass is 325 g/mol. The highest BCUT2D eigenvalue weighted by Crippen LogP contribution is 2.31. The summed E-state index contributed by atoms with van der Waals surface area (Å²) in [5.41, 5.74) is 9.10. The standard InChI is InChI=1S/C18H39N3Si/c1-4-7-10-13-16-22(21-20-19,17-14-11-8-5-2)18-15-12-9-6-3/h4-18H2,1-3H3. The quantitative estimate of drug-likeness (QED) is 0.0907. The van der Waals surface area contributed by atoms with Crippen molar-refractivity contribution in [3.05, 3.63) is 10.4 Å². The fourth-order valence-electron chi connectivity index (χ4n) is 3.26. The topological polar surface area (TPSA) is 48.8 Å². The number of unbranched alkanes of at least 4 members (excludes halogenated alkanes) is 9. The van der Waals surface area contributed by atoms with Crippen LogP contribution in [0, 0.1) is 0 Å². The van der Waals surface area contributed by atoms with E-state index in [2.05, 4.69) is 30.5 Å². The second-order valence-corrected chi connectivity index (χ2v) is 11.0. The van der Waals surface area contributed by atoms with Crippen LogP contribution in [0.3, 0.4) is 0 Å². The molecule has 4 heteroatoms. The predicted molar refractivity (Wildman–Crippen MR) is 102 cm³/mol. The molecule has 0 heterocycles. The van der Waals surface area contributed by atoms with E-state index in [9.17, 15) is 0 Å². The Morgan fingerprint density at radius 1 is 0.636 bits per heavy atom. The summed E-state index contributed by atoms with van der Waals surface area (Å²) in [6.45, 7) is 6.77. The SMILES string of the molecule is CCCCCC[Si](CCCCCC)(CCCCCC)N=[N+]=[N-]. The van der Waals surface area contributed by atoms with Gasteiger partial charge in [-0.05, 0) is 10.4 Å². The molecule has 0 aromatic carbocycles. The maximum absolute atomic E-state index is 9.10. The van der Waals surface area contributed by atoms with E-state index in [4.69, 9.17) is 5.53 Å². The Balaban J connectivity index is 4.50. The summed E-state index contributed by atoms with van der Waals surface area (Å²) < 4.78 is 4.47. The van der Waals surface area contributed by atoms with Gasteiger partial charge in [0, 0.05) is 0 Å². The number of hydrogen-bond donors (Lipinski definition) is 0. The van der Waals surface area contributed by atoms with Gasteiger partial charge in [-0.25, -0.2) is 0 Å². The highest BCUT2D eigenvalue weighted by atomic mass is 28.3. The van der Waals surface area contributed by atoms with Crippen LogP contribution in [-0.2, 0) is 0 Å². The zero-order chi connectivity index (χ0) is 16.5. The van der Waals surface area contributed by atoms with Crippen LogP contribution in [0.25, 0.3) is 10.4 Å². The van der Waals surface area contributed by atoms with Crippen molar-refractivity contribution in [3.8, 4) is 0 Å². The van der Waals surface area contributed by atoms with Gasteiger partial charge in [0.05, 0.1) is 0 Å². The summed E-state index contributed by atoms with van der Waals surface area (Å²) in [7, 11) is -1.74. The van der Waals surface area contributed by atoms with Crippen LogP contribution in [0.4, 0.5) is 0 Å². The minimum atomic E-state index is -1.74. The first-order chi connectivity index (χ1) is 10.7. The highest BCUT2D eigenvalue weighted by molar-refractivity contribution is 6.78. The number of rotatable bonds is 16. The molecule has 0 rings (SSSR count). The highest BCUT2D eigenvalue weighted by Gasteiger charge is 2.30. The molecule has 0 bridgehead atoms. The van der Waals surface area contributed by atoms with Crippen molar-refractivity contribution in [1.82, 2.24) is 0 Å². The van der Waals surface area contributed by atoms with E-state index in [1.165, 1.54) is 95.2 Å². The lowest BCUT2D eigenvalue weighted by Gasteiger charge is -2.26. The molecule has 0 aromatic rings. The molecule has 3 nitrogen and oxygen atoms in total. The van der Waals surface area contributed by atoms with Crippen LogP contribution in [0.15, 0.2) is 4.78 Å². The molecule has 0 aliphatic heterocycles. The summed E-state index contributed by atoms with van der Waals surface area (Å²) in [5.74, 6) is 0. The molecule has 0 saturated carbocycles. The van der Waals surface area contributed by atoms with Crippen LogP contribution in [0.5, 0.6) is 0 Å². The number of hydrogen-bond acceptors (Lipinski definition) is 1. The van der Waals surface area contributed by atoms with Crippen molar-refractivity contribution in [1.29, 1.82) is 0 Å². The molecule has 0 saturated heterocycles. The summed E-state index contributed by atoms with van der Waals surface area (Å²) in [4.78, 5) is 3.29. The number of nitrogens with zero attached hydrogens (tertiary/aromatic N) is 3. The third-order valence-electron chi connectivity index (χ3n) is 4.74. The van der Waals surface area contributed by atoms with Crippen molar-refractivity contribution in [2.75, 3.05) is 0 Å². The van der Waals surface area contributed by atoms with Gasteiger partial charge in [-0.1, -0.05) is 116 Å². The van der Waals surface area contributed by atoms with Gasteiger partial charge >= 0.3 is 0 Å². The molecule has 0 amide bonds. The minimum Gasteiger partial charge on any atom is -0.124 e. The van der Waals surface area contributed by atoms with Gasteiger partial charge in [0.15, 0.2) is 8.24 Å². The van der Waals surface area contributed by atoms with Crippen LogP contribution in [0.2, 0.25) is 18.1 Å². The van der Waals surface area contributed by atoms with Crippen molar-refractivity contribution in [2.24, 2.45) is 4.78 Å². The molecule has 0 N–H and O–H groups in total. The first-order valence-corrected chi connectivity index (χ1v) is 12.4. The maximum atomic E-state index is 9.10. The molecular weight excluding hydrogens is 286 g/mol. The van der Waals surface area contributed by atoms with Crippen molar-refractivity contribution >= 4 is 8.24 Å². The third kappa shape index (κ3) is 11.1. The average molecular weight is 326 g/mol. The first kappa shape index (κ1) is 21.5. The Bertz CT molecular complexity index is 257. The molecule has 0 radical (unpaired) electrons. The van der Waals surface area contributed by atoms with E-state index in [1.807, 2.05) is 0 Å². The second-order valence-electron chi connectivity index (χ2n) is 6.85. The largest absolute Gasteiger partial charge is 0.155 e. The molecule has 0 spiro atoms. The predicted octanol–water partition coefficient (Wildman–Crippen LogP) is 7.98. The van der Waals surface area contributed by atoms with Crippen LogP contribution >= 0.6 is 0 Å². The normalized spacial score (nSPS) is 11.4. The Kier molecular flexibility index (Phi) is 15.1. The summed E-state index contributed by atoms with van der Waals surface area (Å²) in [5, 5.41) is 0. The maximum Gasteiger partial charge on any atom is 0.155 e. The summed E-state index contributed by atoms with van der Waals surface area (Å²) in [6.07, 6.45) is 15.6. The Morgan fingerprint density at radius 2 is 1.00 bits per heavy atom. The fourth-order valence-corrected chi connectivity index (χ4v) is 7.23. The molecule has 0 aliphatic rings. The van der Waals surface area contributed by atoms with Crippen LogP contribution in [-0.4, -0.2) is 8.24 Å². The molecule has 22 heavy (non-hydrogen) atoms. The molecule has 0 atom stereocenters. The van der Waals surface area contributed by atoms with E-state index in [-0.39, 0.29) is 0 Å². The van der Waals surface area contributed by atoms with Gasteiger partial charge < -0.3 is 0 Å². The molecule has 130 valence electrons. The van der Waals surface area contributed by atoms with Crippen LogP contribution in [0.1, 0.15) is 97.8 Å². The van der Waals surface area contributed by atoms with E-state index in [0.29, 0.717) is 0 Å². The van der Waals surface area contributed by atoms with Crippen molar-refractivity contribution in [2.45, 2.75) is 116 Å². The Hall–Kier alpha value is -0.473. The van der Waals surface area contributed by atoms with Gasteiger partial charge in [0.1, 0.15) is 0 Å². The Morgan fingerprint density at radius 3 is 1.27 bits per heavy atom. The summed E-state index contributed by atoms with van der Waals surface area (Å²) >= 11 is 0. The van der Waals surface area contributed by atoms with Crippen molar-refractivity contribution < 1.29 is 0 Å². The zero-order valence-electron chi connectivity index (χ0n) is 15.4. The first-order valence-electron chi connectivity index (χ1n) is 9.81. The third-order valence-corrected chi connectivity index (χ3v) is 9.11. The van der Waals surface area contributed by atoms with E-state index >= 15 is 0 Å². The molecule has 0 unspecified atom stereocenters.